The second-order valence-corrected chi connectivity index (χ2v) is 2.96. The highest BCUT2D eigenvalue weighted by molar-refractivity contribution is 5.85. The summed E-state index contributed by atoms with van der Waals surface area (Å²) >= 11 is 0. The summed E-state index contributed by atoms with van der Waals surface area (Å²) in [5, 5.41) is 22.3. The van der Waals surface area contributed by atoms with E-state index < -0.39 is 4.92 Å². The summed E-state index contributed by atoms with van der Waals surface area (Å²) in [7, 11) is 0. The van der Waals surface area contributed by atoms with Gasteiger partial charge < -0.3 is 5.73 Å². The Labute approximate surface area is 83.8 Å². The third-order valence-electron chi connectivity index (χ3n) is 1.95. The average Bonchev–Trinajstić information content (AvgIpc) is 2.59. The fraction of sp³-hybridized carbons (Fsp3) is 0. The molecule has 0 aliphatic rings. The van der Waals surface area contributed by atoms with Crippen molar-refractivity contribution in [3.8, 4) is 0 Å². The van der Waals surface area contributed by atoms with Crippen molar-refractivity contribution in [1.82, 2.24) is 9.78 Å². The Morgan fingerprint density at radius 3 is 2.93 bits per heavy atom. The van der Waals surface area contributed by atoms with Crippen LogP contribution < -0.4 is 5.73 Å². The van der Waals surface area contributed by atoms with Gasteiger partial charge in [0.15, 0.2) is 0 Å². The van der Waals surface area contributed by atoms with Crippen molar-refractivity contribution in [1.29, 1.82) is 5.41 Å². The Bertz CT molecular complexity index is 547. The van der Waals surface area contributed by atoms with Crippen LogP contribution in [0, 0.1) is 15.5 Å². The van der Waals surface area contributed by atoms with Crippen molar-refractivity contribution >= 4 is 22.5 Å². The van der Waals surface area contributed by atoms with Gasteiger partial charge >= 0.3 is 0 Å². The fourth-order valence-electron chi connectivity index (χ4n) is 1.24. The van der Waals surface area contributed by atoms with Crippen molar-refractivity contribution in [2.45, 2.75) is 0 Å². The van der Waals surface area contributed by atoms with Gasteiger partial charge in [-0.1, -0.05) is 0 Å². The smallest absolute Gasteiger partial charge is 0.271 e. The van der Waals surface area contributed by atoms with Gasteiger partial charge in [0.05, 0.1) is 10.4 Å². The molecule has 2 aromatic rings. The number of non-ortho nitro benzene ring substituents is 1. The van der Waals surface area contributed by atoms with Crippen LogP contribution in [0.2, 0.25) is 0 Å². The number of rotatable bonds is 1. The van der Waals surface area contributed by atoms with E-state index in [1.807, 2.05) is 0 Å². The van der Waals surface area contributed by atoms with Gasteiger partial charge in [0.25, 0.3) is 5.69 Å². The normalized spacial score (nSPS) is 10.4. The van der Waals surface area contributed by atoms with E-state index in [0.29, 0.717) is 10.9 Å². The molecular weight excluding hydrogens is 198 g/mol. The van der Waals surface area contributed by atoms with Gasteiger partial charge in [-0.05, 0) is 6.07 Å². The lowest BCUT2D eigenvalue weighted by Crippen LogP contribution is -2.20. The molecule has 7 heteroatoms. The SMILES string of the molecule is N=C(N)n1cc2ccc([N+](=O)[O-])cc2n1. The van der Waals surface area contributed by atoms with Crippen LogP contribution >= 0.6 is 0 Å². The fourth-order valence-corrected chi connectivity index (χ4v) is 1.24. The van der Waals surface area contributed by atoms with E-state index in [4.69, 9.17) is 11.1 Å². The number of benzene rings is 1. The summed E-state index contributed by atoms with van der Waals surface area (Å²) < 4.78 is 1.16. The number of nitro groups is 1. The highest BCUT2D eigenvalue weighted by Crippen LogP contribution is 2.18. The molecular formula is C8H7N5O2. The first kappa shape index (κ1) is 9.13. The van der Waals surface area contributed by atoms with Crippen LogP contribution in [0.5, 0.6) is 0 Å². The number of hydrogen-bond donors (Lipinski definition) is 2. The first-order valence-corrected chi connectivity index (χ1v) is 4.06. The number of nitrogens with two attached hydrogens (primary N) is 1. The lowest BCUT2D eigenvalue weighted by Gasteiger charge is -1.91. The maximum Gasteiger partial charge on any atom is 0.271 e. The molecule has 1 aromatic carbocycles. The summed E-state index contributed by atoms with van der Waals surface area (Å²) in [5.41, 5.74) is 5.64. The van der Waals surface area contributed by atoms with E-state index in [9.17, 15) is 10.1 Å². The molecule has 76 valence electrons. The number of nitrogen functional groups attached to an aromatic ring is 1. The lowest BCUT2D eigenvalue weighted by atomic mass is 10.2. The number of nitro benzene ring substituents is 1. The minimum Gasteiger partial charge on any atom is -0.368 e. The molecule has 0 amide bonds. The molecule has 0 atom stereocenters. The minimum absolute atomic E-state index is 0.0312. The quantitative estimate of drug-likeness (QED) is 0.308. The summed E-state index contributed by atoms with van der Waals surface area (Å²) in [6.07, 6.45) is 1.54. The minimum atomic E-state index is -0.494. The predicted molar refractivity (Wildman–Crippen MR) is 53.7 cm³/mol. The van der Waals surface area contributed by atoms with Gasteiger partial charge in [0.2, 0.25) is 5.96 Å². The first-order chi connectivity index (χ1) is 7.08. The maximum absolute atomic E-state index is 10.5. The average molecular weight is 205 g/mol. The molecule has 0 unspecified atom stereocenters. The van der Waals surface area contributed by atoms with Crippen molar-refractivity contribution in [2.75, 3.05) is 0 Å². The molecule has 2 rings (SSSR count). The van der Waals surface area contributed by atoms with Gasteiger partial charge in [-0.15, -0.1) is 0 Å². The zero-order valence-corrected chi connectivity index (χ0v) is 7.54. The molecule has 0 saturated heterocycles. The largest absolute Gasteiger partial charge is 0.368 e. The second-order valence-electron chi connectivity index (χ2n) is 2.96. The number of aromatic nitrogens is 2. The Hall–Kier alpha value is -2.44. The molecule has 3 N–H and O–H groups in total. The molecule has 0 spiro atoms. The molecule has 0 aliphatic heterocycles. The number of nitrogens with one attached hydrogen (secondary N) is 1. The Balaban J connectivity index is 2.62. The van der Waals surface area contributed by atoms with Gasteiger partial charge in [-0.2, -0.15) is 5.10 Å². The van der Waals surface area contributed by atoms with Crippen LogP contribution in [0.3, 0.4) is 0 Å². The van der Waals surface area contributed by atoms with Gasteiger partial charge in [-0.3, -0.25) is 15.5 Å². The molecule has 1 heterocycles. The van der Waals surface area contributed by atoms with Crippen molar-refractivity contribution in [2.24, 2.45) is 5.73 Å². The highest BCUT2D eigenvalue weighted by atomic mass is 16.6. The van der Waals surface area contributed by atoms with E-state index in [1.165, 1.54) is 12.1 Å². The van der Waals surface area contributed by atoms with Gasteiger partial charge in [-0.25, -0.2) is 4.68 Å². The second kappa shape index (κ2) is 3.05. The first-order valence-electron chi connectivity index (χ1n) is 4.06. The Morgan fingerprint density at radius 2 is 2.33 bits per heavy atom. The van der Waals surface area contributed by atoms with Crippen molar-refractivity contribution in [3.05, 3.63) is 34.5 Å². The topological polar surface area (TPSA) is 111 Å². The monoisotopic (exact) mass is 205 g/mol. The van der Waals surface area contributed by atoms with E-state index in [2.05, 4.69) is 5.10 Å². The van der Waals surface area contributed by atoms with Crippen LogP contribution in [0.25, 0.3) is 10.9 Å². The predicted octanol–water partition coefficient (Wildman–Crippen LogP) is 0.686. The van der Waals surface area contributed by atoms with Gasteiger partial charge in [0.1, 0.15) is 0 Å². The van der Waals surface area contributed by atoms with Crippen LogP contribution in [-0.2, 0) is 0 Å². The third kappa shape index (κ3) is 1.50. The molecule has 0 bridgehead atoms. The van der Waals surface area contributed by atoms with E-state index in [-0.39, 0.29) is 11.6 Å². The Kier molecular flexibility index (Phi) is 1.86. The van der Waals surface area contributed by atoms with Crippen LogP contribution in [0.15, 0.2) is 24.4 Å². The summed E-state index contributed by atoms with van der Waals surface area (Å²) in [5.74, 6) is -0.228. The molecule has 0 saturated carbocycles. The standard InChI is InChI=1S/C8H7N5O2/c9-8(10)12-4-5-1-2-6(13(14)15)3-7(5)11-12/h1-4H,(H3,9,10). The molecule has 1 aromatic heterocycles. The molecule has 0 radical (unpaired) electrons. The van der Waals surface area contributed by atoms with Crippen LogP contribution in [0.4, 0.5) is 5.69 Å². The van der Waals surface area contributed by atoms with E-state index in [1.54, 1.807) is 12.3 Å². The van der Waals surface area contributed by atoms with E-state index >= 15 is 0 Å². The number of fused-ring (bicyclic) bond motifs is 1. The van der Waals surface area contributed by atoms with Crippen LogP contribution in [0.1, 0.15) is 0 Å². The molecule has 0 fully saturated rings. The van der Waals surface area contributed by atoms with Crippen LogP contribution in [-0.4, -0.2) is 20.7 Å². The van der Waals surface area contributed by atoms with E-state index in [0.717, 1.165) is 4.68 Å². The zero-order chi connectivity index (χ0) is 11.0. The summed E-state index contributed by atoms with van der Waals surface area (Å²) in [6.45, 7) is 0. The zero-order valence-electron chi connectivity index (χ0n) is 7.54. The Morgan fingerprint density at radius 1 is 1.60 bits per heavy atom. The van der Waals surface area contributed by atoms with Crippen molar-refractivity contribution in [3.63, 3.8) is 0 Å². The van der Waals surface area contributed by atoms with Gasteiger partial charge in [0, 0.05) is 23.7 Å². The maximum atomic E-state index is 10.5. The number of hydrogen-bond acceptors (Lipinski definition) is 4. The number of nitrogens with zero attached hydrogens (tertiary/aromatic N) is 3. The highest BCUT2D eigenvalue weighted by Gasteiger charge is 2.09. The summed E-state index contributed by atoms with van der Waals surface area (Å²) in [4.78, 5) is 10.00. The third-order valence-corrected chi connectivity index (χ3v) is 1.95. The van der Waals surface area contributed by atoms with Crippen molar-refractivity contribution < 1.29 is 4.92 Å². The molecule has 0 aliphatic carbocycles. The molecule has 7 nitrogen and oxygen atoms in total. The summed E-state index contributed by atoms with van der Waals surface area (Å²) in [6, 6.07) is 4.29. The molecule has 15 heavy (non-hydrogen) atoms. The lowest BCUT2D eigenvalue weighted by molar-refractivity contribution is -0.384.